The largest absolute Gasteiger partial charge is 0.465 e. The Balaban J connectivity index is 2.92. The van der Waals surface area contributed by atoms with E-state index in [0.717, 1.165) is 18.9 Å². The molecule has 0 aliphatic carbocycles. The lowest BCUT2D eigenvalue weighted by Crippen LogP contribution is -2.21. The van der Waals surface area contributed by atoms with Gasteiger partial charge in [0.15, 0.2) is 0 Å². The van der Waals surface area contributed by atoms with Gasteiger partial charge in [-0.3, -0.25) is 9.59 Å². The smallest absolute Gasteiger partial charge is 0.319 e. The number of carbonyl (C=O) groups excluding carboxylic acids is 2. The van der Waals surface area contributed by atoms with Crippen molar-refractivity contribution in [3.05, 3.63) is 23.0 Å². The molecule has 1 amide bonds. The third-order valence-corrected chi connectivity index (χ3v) is 5.81. The standard InChI is InChI=1S/C19H27ClFNO3S/c1-5-8-9-25-19(24)16(7-3)26-17-11-15(14(21)10-13(17)20)22-18(23)12(4)6-2/h10-12,16H,5-9H2,1-4H3,(H,22,23). The molecule has 0 bridgehead atoms. The van der Waals surface area contributed by atoms with Crippen molar-refractivity contribution in [2.24, 2.45) is 5.92 Å². The van der Waals surface area contributed by atoms with Crippen LogP contribution in [0, 0.1) is 11.7 Å². The van der Waals surface area contributed by atoms with E-state index >= 15 is 0 Å². The third kappa shape index (κ3) is 6.80. The van der Waals surface area contributed by atoms with Crippen molar-refractivity contribution >= 4 is 40.9 Å². The summed E-state index contributed by atoms with van der Waals surface area (Å²) in [5, 5.41) is 2.35. The Labute approximate surface area is 164 Å². The average molecular weight is 404 g/mol. The molecule has 0 fully saturated rings. The molecule has 0 saturated carbocycles. The lowest BCUT2D eigenvalue weighted by Gasteiger charge is -2.16. The molecule has 1 aromatic rings. The molecule has 0 radical (unpaired) electrons. The summed E-state index contributed by atoms with van der Waals surface area (Å²) in [6.45, 7) is 7.95. The molecule has 26 heavy (non-hydrogen) atoms. The number of unbranched alkanes of at least 4 members (excludes halogenated alkanes) is 1. The van der Waals surface area contributed by atoms with Crippen LogP contribution in [0.1, 0.15) is 53.4 Å². The number of halogens is 2. The van der Waals surface area contributed by atoms with Gasteiger partial charge in [0.05, 0.1) is 17.3 Å². The molecule has 2 atom stereocenters. The van der Waals surface area contributed by atoms with Gasteiger partial charge in [-0.15, -0.1) is 11.8 Å². The molecule has 1 aromatic carbocycles. The number of thioether (sulfide) groups is 1. The minimum Gasteiger partial charge on any atom is -0.465 e. The van der Waals surface area contributed by atoms with Crippen LogP contribution in [-0.2, 0) is 14.3 Å². The summed E-state index contributed by atoms with van der Waals surface area (Å²) in [6, 6.07) is 2.63. The molecule has 0 spiro atoms. The molecule has 1 rings (SSSR count). The van der Waals surface area contributed by atoms with Gasteiger partial charge in [-0.25, -0.2) is 4.39 Å². The monoisotopic (exact) mass is 403 g/mol. The summed E-state index contributed by atoms with van der Waals surface area (Å²) < 4.78 is 19.4. The predicted octanol–water partition coefficient (Wildman–Crippen LogP) is 5.68. The molecule has 2 unspecified atom stereocenters. The van der Waals surface area contributed by atoms with Gasteiger partial charge in [-0.2, -0.15) is 0 Å². The Kier molecular flexibility index (Phi) is 10.0. The zero-order chi connectivity index (χ0) is 19.7. The fourth-order valence-corrected chi connectivity index (χ4v) is 3.30. The van der Waals surface area contributed by atoms with Gasteiger partial charge in [0, 0.05) is 10.8 Å². The van der Waals surface area contributed by atoms with E-state index in [4.69, 9.17) is 16.3 Å². The number of nitrogens with one attached hydrogen (secondary N) is 1. The number of anilines is 1. The highest BCUT2D eigenvalue weighted by molar-refractivity contribution is 8.00. The number of amides is 1. The predicted molar refractivity (Wildman–Crippen MR) is 105 cm³/mol. The summed E-state index contributed by atoms with van der Waals surface area (Å²) in [7, 11) is 0. The van der Waals surface area contributed by atoms with Crippen molar-refractivity contribution in [3.8, 4) is 0 Å². The van der Waals surface area contributed by atoms with Crippen LogP contribution in [0.15, 0.2) is 17.0 Å². The highest BCUT2D eigenvalue weighted by atomic mass is 35.5. The molecule has 0 aliphatic heterocycles. The summed E-state index contributed by atoms with van der Waals surface area (Å²) >= 11 is 7.36. The number of hydrogen-bond donors (Lipinski definition) is 1. The van der Waals surface area contributed by atoms with Gasteiger partial charge in [-0.1, -0.05) is 45.7 Å². The first kappa shape index (κ1) is 22.8. The first-order valence-corrected chi connectivity index (χ1v) is 10.2. The Morgan fingerprint density at radius 1 is 1.27 bits per heavy atom. The van der Waals surface area contributed by atoms with Crippen molar-refractivity contribution in [3.63, 3.8) is 0 Å². The molecule has 146 valence electrons. The van der Waals surface area contributed by atoms with Crippen LogP contribution < -0.4 is 5.32 Å². The highest BCUT2D eigenvalue weighted by Crippen LogP contribution is 2.36. The maximum Gasteiger partial charge on any atom is 0.319 e. The van der Waals surface area contributed by atoms with E-state index in [2.05, 4.69) is 5.32 Å². The zero-order valence-corrected chi connectivity index (χ0v) is 17.3. The van der Waals surface area contributed by atoms with E-state index in [1.165, 1.54) is 17.8 Å². The van der Waals surface area contributed by atoms with E-state index in [1.807, 2.05) is 20.8 Å². The SMILES string of the molecule is CCCCOC(=O)C(CC)Sc1cc(NC(=O)C(C)CC)c(F)cc1Cl. The molecular formula is C19H27ClFNO3S. The van der Waals surface area contributed by atoms with Crippen molar-refractivity contribution in [2.75, 3.05) is 11.9 Å². The quantitative estimate of drug-likeness (QED) is 0.310. The van der Waals surface area contributed by atoms with Crippen LogP contribution in [0.25, 0.3) is 0 Å². The maximum atomic E-state index is 14.1. The number of carbonyl (C=O) groups is 2. The summed E-state index contributed by atoms with van der Waals surface area (Å²) in [5.41, 5.74) is 0.0661. The molecule has 0 saturated heterocycles. The Morgan fingerprint density at radius 2 is 1.96 bits per heavy atom. The molecule has 7 heteroatoms. The Bertz CT molecular complexity index is 627. The molecule has 1 N–H and O–H groups in total. The third-order valence-electron chi connectivity index (χ3n) is 3.98. The van der Waals surface area contributed by atoms with Crippen LogP contribution in [-0.4, -0.2) is 23.7 Å². The van der Waals surface area contributed by atoms with Gasteiger partial charge < -0.3 is 10.1 Å². The van der Waals surface area contributed by atoms with Crippen LogP contribution in [0.4, 0.5) is 10.1 Å². The van der Waals surface area contributed by atoms with E-state index in [0.29, 0.717) is 24.3 Å². The second kappa shape index (κ2) is 11.4. The first-order chi connectivity index (χ1) is 12.3. The van der Waals surface area contributed by atoms with Crippen LogP contribution in [0.2, 0.25) is 5.02 Å². The topological polar surface area (TPSA) is 55.4 Å². The second-order valence-electron chi connectivity index (χ2n) is 6.10. The highest BCUT2D eigenvalue weighted by Gasteiger charge is 2.22. The number of esters is 1. The molecular weight excluding hydrogens is 377 g/mol. The molecule has 4 nitrogen and oxygen atoms in total. The van der Waals surface area contributed by atoms with Gasteiger partial charge in [-0.05, 0) is 31.4 Å². The van der Waals surface area contributed by atoms with E-state index in [9.17, 15) is 14.0 Å². The fraction of sp³-hybridized carbons (Fsp3) is 0.579. The number of ether oxygens (including phenoxy) is 1. The van der Waals surface area contributed by atoms with E-state index < -0.39 is 11.1 Å². The van der Waals surface area contributed by atoms with Crippen molar-refractivity contribution in [1.29, 1.82) is 0 Å². The van der Waals surface area contributed by atoms with Crippen LogP contribution >= 0.6 is 23.4 Å². The second-order valence-corrected chi connectivity index (χ2v) is 7.75. The van der Waals surface area contributed by atoms with Gasteiger partial charge in [0.1, 0.15) is 11.1 Å². The summed E-state index contributed by atoms with van der Waals surface area (Å²) in [6.07, 6.45) is 2.97. The molecule has 0 aromatic heterocycles. The van der Waals surface area contributed by atoms with Gasteiger partial charge >= 0.3 is 5.97 Å². The minimum atomic E-state index is -0.602. The number of benzene rings is 1. The maximum absolute atomic E-state index is 14.1. The first-order valence-electron chi connectivity index (χ1n) is 8.97. The van der Waals surface area contributed by atoms with Gasteiger partial charge in [0.25, 0.3) is 0 Å². The van der Waals surface area contributed by atoms with E-state index in [-0.39, 0.29) is 28.5 Å². The lowest BCUT2D eigenvalue weighted by molar-refractivity contribution is -0.143. The van der Waals surface area contributed by atoms with Crippen molar-refractivity contribution < 1.29 is 18.7 Å². The van der Waals surface area contributed by atoms with Gasteiger partial charge in [0.2, 0.25) is 5.91 Å². The van der Waals surface area contributed by atoms with Crippen LogP contribution in [0.3, 0.4) is 0 Å². The lowest BCUT2D eigenvalue weighted by atomic mass is 10.1. The summed E-state index contributed by atoms with van der Waals surface area (Å²) in [5.74, 6) is -1.39. The van der Waals surface area contributed by atoms with Crippen LogP contribution in [0.5, 0.6) is 0 Å². The van der Waals surface area contributed by atoms with Crippen molar-refractivity contribution in [1.82, 2.24) is 0 Å². The average Bonchev–Trinajstić information content (AvgIpc) is 2.62. The fourth-order valence-electron chi connectivity index (χ4n) is 2.02. The number of rotatable bonds is 10. The minimum absolute atomic E-state index is 0.0661. The molecule has 0 aliphatic rings. The normalized spacial score (nSPS) is 13.2. The number of hydrogen-bond acceptors (Lipinski definition) is 4. The van der Waals surface area contributed by atoms with Crippen molar-refractivity contribution in [2.45, 2.75) is 63.5 Å². The molecule has 0 heterocycles. The van der Waals surface area contributed by atoms with E-state index in [1.54, 1.807) is 6.92 Å². The Morgan fingerprint density at radius 3 is 2.54 bits per heavy atom. The Hall–Kier alpha value is -1.27. The zero-order valence-electron chi connectivity index (χ0n) is 15.7. The summed E-state index contributed by atoms with van der Waals surface area (Å²) in [4.78, 5) is 24.8.